The summed E-state index contributed by atoms with van der Waals surface area (Å²) in [6, 6.07) is 9.00. The minimum Gasteiger partial charge on any atom is -0.366 e. The Bertz CT molecular complexity index is 405. The van der Waals surface area contributed by atoms with Gasteiger partial charge in [-0.1, -0.05) is 24.3 Å². The van der Waals surface area contributed by atoms with E-state index in [-0.39, 0.29) is 5.60 Å². The summed E-state index contributed by atoms with van der Waals surface area (Å²) >= 11 is 0. The van der Waals surface area contributed by atoms with Gasteiger partial charge in [-0.2, -0.15) is 0 Å². The summed E-state index contributed by atoms with van der Waals surface area (Å²) in [5.41, 5.74) is 8.84. The Morgan fingerprint density at radius 1 is 1.29 bits per heavy atom. The first-order valence-electron chi connectivity index (χ1n) is 6.69. The van der Waals surface area contributed by atoms with Crippen LogP contribution >= 0.6 is 0 Å². The highest BCUT2D eigenvalue weighted by Crippen LogP contribution is 2.48. The lowest BCUT2D eigenvalue weighted by molar-refractivity contribution is -0.0737. The van der Waals surface area contributed by atoms with Gasteiger partial charge < -0.3 is 10.5 Å². The third kappa shape index (κ3) is 1.80. The van der Waals surface area contributed by atoms with E-state index in [1.807, 2.05) is 0 Å². The van der Waals surface area contributed by atoms with Gasteiger partial charge in [0.2, 0.25) is 0 Å². The number of hydrogen-bond donors (Lipinski definition) is 1. The molecule has 0 radical (unpaired) electrons. The summed E-state index contributed by atoms with van der Waals surface area (Å²) in [5, 5.41) is 0. The molecule has 1 aliphatic heterocycles. The van der Waals surface area contributed by atoms with Gasteiger partial charge >= 0.3 is 0 Å². The smallest absolute Gasteiger partial charge is 0.0939 e. The van der Waals surface area contributed by atoms with Crippen LogP contribution in [0.5, 0.6) is 0 Å². The fourth-order valence-electron chi connectivity index (χ4n) is 3.43. The fourth-order valence-corrected chi connectivity index (χ4v) is 3.43. The Hall–Kier alpha value is -0.860. The predicted octanol–water partition coefficient (Wildman–Crippen LogP) is 2.95. The Morgan fingerprint density at radius 3 is 2.71 bits per heavy atom. The van der Waals surface area contributed by atoms with Crippen LogP contribution in [-0.4, -0.2) is 6.04 Å². The average molecular weight is 231 g/mol. The minimum absolute atomic E-state index is 0.0159. The first-order chi connectivity index (χ1) is 8.21. The quantitative estimate of drug-likeness (QED) is 0.806. The van der Waals surface area contributed by atoms with E-state index in [0.29, 0.717) is 12.0 Å². The Labute approximate surface area is 103 Å². The lowest BCUT2D eigenvalue weighted by Gasteiger charge is -2.38. The second-order valence-corrected chi connectivity index (χ2v) is 5.64. The van der Waals surface area contributed by atoms with Gasteiger partial charge in [-0.15, -0.1) is 0 Å². The van der Waals surface area contributed by atoms with Crippen molar-refractivity contribution in [1.29, 1.82) is 0 Å². The van der Waals surface area contributed by atoms with Crippen LogP contribution in [0.1, 0.15) is 43.7 Å². The maximum Gasteiger partial charge on any atom is 0.0939 e. The van der Waals surface area contributed by atoms with Crippen molar-refractivity contribution in [2.24, 2.45) is 11.7 Å². The van der Waals surface area contributed by atoms with Crippen LogP contribution in [0.2, 0.25) is 0 Å². The molecule has 3 rings (SSSR count). The summed E-state index contributed by atoms with van der Waals surface area (Å²) in [7, 11) is 0. The molecule has 2 N–H and O–H groups in total. The molecule has 1 aliphatic carbocycles. The molecule has 0 bridgehead atoms. The largest absolute Gasteiger partial charge is 0.366 e. The molecule has 1 fully saturated rings. The number of hydrogen-bond acceptors (Lipinski definition) is 2. The summed E-state index contributed by atoms with van der Waals surface area (Å²) in [6.45, 7) is 2.92. The van der Waals surface area contributed by atoms with E-state index in [9.17, 15) is 0 Å². The van der Waals surface area contributed by atoms with Crippen molar-refractivity contribution in [2.75, 3.05) is 0 Å². The molecule has 1 atom stereocenters. The van der Waals surface area contributed by atoms with Gasteiger partial charge in [0.25, 0.3) is 0 Å². The van der Waals surface area contributed by atoms with E-state index < -0.39 is 0 Å². The van der Waals surface area contributed by atoms with Crippen LogP contribution < -0.4 is 5.73 Å². The van der Waals surface area contributed by atoms with Crippen LogP contribution in [0.4, 0.5) is 0 Å². The molecule has 1 saturated carbocycles. The molecule has 2 nitrogen and oxygen atoms in total. The molecule has 0 amide bonds. The van der Waals surface area contributed by atoms with Gasteiger partial charge in [0, 0.05) is 6.04 Å². The second kappa shape index (κ2) is 4.11. The summed E-state index contributed by atoms with van der Waals surface area (Å²) in [5.74, 6) is 0.678. The summed E-state index contributed by atoms with van der Waals surface area (Å²) in [6.07, 6.45) is 4.67. The average Bonchev–Trinajstić information content (AvgIpc) is 2.70. The Morgan fingerprint density at radius 2 is 2.00 bits per heavy atom. The van der Waals surface area contributed by atoms with Gasteiger partial charge in [0.15, 0.2) is 0 Å². The van der Waals surface area contributed by atoms with E-state index in [1.165, 1.54) is 24.0 Å². The molecule has 1 spiro atoms. The minimum atomic E-state index is 0.0159. The molecule has 17 heavy (non-hydrogen) atoms. The molecule has 1 heterocycles. The van der Waals surface area contributed by atoms with Crippen LogP contribution in [-0.2, 0) is 16.9 Å². The van der Waals surface area contributed by atoms with Crippen molar-refractivity contribution in [3.8, 4) is 0 Å². The van der Waals surface area contributed by atoms with Crippen molar-refractivity contribution in [2.45, 2.75) is 50.9 Å². The molecular weight excluding hydrogens is 210 g/mol. The van der Waals surface area contributed by atoms with E-state index in [1.54, 1.807) is 0 Å². The van der Waals surface area contributed by atoms with E-state index >= 15 is 0 Å². The van der Waals surface area contributed by atoms with Gasteiger partial charge in [-0.05, 0) is 49.7 Å². The van der Waals surface area contributed by atoms with Crippen molar-refractivity contribution in [3.05, 3.63) is 35.4 Å². The highest BCUT2D eigenvalue weighted by Gasteiger charge is 2.43. The van der Waals surface area contributed by atoms with Gasteiger partial charge in [0.05, 0.1) is 12.2 Å². The predicted molar refractivity (Wildman–Crippen MR) is 68.5 cm³/mol. The Kier molecular flexibility index (Phi) is 2.72. The highest BCUT2D eigenvalue weighted by atomic mass is 16.5. The van der Waals surface area contributed by atoms with Crippen molar-refractivity contribution >= 4 is 0 Å². The van der Waals surface area contributed by atoms with Crippen LogP contribution in [0, 0.1) is 5.92 Å². The van der Waals surface area contributed by atoms with E-state index in [2.05, 4.69) is 31.2 Å². The maximum absolute atomic E-state index is 6.14. The molecule has 2 aliphatic rings. The fraction of sp³-hybridized carbons (Fsp3) is 0.600. The normalized spacial score (nSPS) is 33.6. The summed E-state index contributed by atoms with van der Waals surface area (Å²) in [4.78, 5) is 0. The lowest BCUT2D eigenvalue weighted by Crippen LogP contribution is -2.37. The number of benzene rings is 1. The first kappa shape index (κ1) is 11.2. The zero-order chi connectivity index (χ0) is 11.9. The molecule has 1 aromatic rings. The van der Waals surface area contributed by atoms with Gasteiger partial charge in [0.1, 0.15) is 0 Å². The topological polar surface area (TPSA) is 35.2 Å². The van der Waals surface area contributed by atoms with Crippen LogP contribution in [0.25, 0.3) is 0 Å². The maximum atomic E-state index is 6.14. The molecule has 0 aromatic heterocycles. The molecule has 92 valence electrons. The second-order valence-electron chi connectivity index (χ2n) is 5.64. The van der Waals surface area contributed by atoms with Crippen LogP contribution in [0.3, 0.4) is 0 Å². The number of nitrogens with two attached hydrogens (primary N) is 1. The zero-order valence-corrected chi connectivity index (χ0v) is 10.5. The van der Waals surface area contributed by atoms with E-state index in [0.717, 1.165) is 19.4 Å². The SMILES string of the molecule is CC(N)[C@H]1CC[C@]2(CC1)OCc1ccccc12. The zero-order valence-electron chi connectivity index (χ0n) is 10.5. The summed E-state index contributed by atoms with van der Waals surface area (Å²) < 4.78 is 6.14. The number of fused-ring (bicyclic) bond motifs is 2. The molecular formula is C15H21NO. The van der Waals surface area contributed by atoms with Crippen molar-refractivity contribution in [1.82, 2.24) is 0 Å². The molecule has 1 aromatic carbocycles. The van der Waals surface area contributed by atoms with Crippen molar-refractivity contribution in [3.63, 3.8) is 0 Å². The van der Waals surface area contributed by atoms with E-state index in [4.69, 9.17) is 10.5 Å². The highest BCUT2D eigenvalue weighted by molar-refractivity contribution is 5.35. The molecule has 2 heteroatoms. The number of rotatable bonds is 1. The molecule has 1 unspecified atom stereocenters. The van der Waals surface area contributed by atoms with Gasteiger partial charge in [-0.3, -0.25) is 0 Å². The Balaban J connectivity index is 1.82. The first-order valence-corrected chi connectivity index (χ1v) is 6.69. The third-order valence-electron chi connectivity index (χ3n) is 4.59. The standard InChI is InChI=1S/C15H21NO/c1-11(16)12-6-8-15(9-7-12)14-5-3-2-4-13(14)10-17-15/h2-5,11-12H,6-10,16H2,1H3/t11?,12-,15+. The molecule has 0 saturated heterocycles. The lowest BCUT2D eigenvalue weighted by atomic mass is 9.73. The van der Waals surface area contributed by atoms with Crippen molar-refractivity contribution < 1.29 is 4.74 Å². The third-order valence-corrected chi connectivity index (χ3v) is 4.59. The number of ether oxygens (including phenoxy) is 1. The van der Waals surface area contributed by atoms with Gasteiger partial charge in [-0.25, -0.2) is 0 Å². The monoisotopic (exact) mass is 231 g/mol. The van der Waals surface area contributed by atoms with Crippen LogP contribution in [0.15, 0.2) is 24.3 Å².